The molecule has 2 atom stereocenters. The number of carbonyl (C=O) groups is 2. The molecule has 3 aromatic carbocycles. The van der Waals surface area contributed by atoms with Gasteiger partial charge in [0.1, 0.15) is 0 Å². The van der Waals surface area contributed by atoms with Crippen molar-refractivity contribution in [2.45, 2.75) is 19.8 Å². The molecule has 0 radical (unpaired) electrons. The summed E-state index contributed by atoms with van der Waals surface area (Å²) in [6.07, 6.45) is 0. The van der Waals surface area contributed by atoms with E-state index in [0.717, 1.165) is 0 Å². The van der Waals surface area contributed by atoms with E-state index in [9.17, 15) is 9.59 Å². The zero-order valence-corrected chi connectivity index (χ0v) is 21.2. The van der Waals surface area contributed by atoms with E-state index in [1.165, 1.54) is 10.0 Å². The Bertz CT molecular complexity index is 1310. The van der Waals surface area contributed by atoms with Crippen LogP contribution in [0.3, 0.4) is 0 Å². The van der Waals surface area contributed by atoms with Crippen LogP contribution in [0.25, 0.3) is 0 Å². The second-order valence-electron chi connectivity index (χ2n) is 9.02. The van der Waals surface area contributed by atoms with Gasteiger partial charge in [-0.15, -0.1) is 0 Å². The van der Waals surface area contributed by atoms with Gasteiger partial charge < -0.3 is 9.47 Å². The minimum atomic E-state index is -0.712. The standard InChI is InChI=1S/C29H28N4O4/c1-18-24(28(34)32(30-18)20-12-7-5-8-13-20)26(22-16-11-17-23(36-3)27(22)37-4)25-19(2)31-33(29(25)35)21-14-9-6-10-15-21/h5-17,24-26H,1-4H3. The molecule has 8 heteroatoms. The van der Waals surface area contributed by atoms with E-state index in [2.05, 4.69) is 10.2 Å². The van der Waals surface area contributed by atoms with Crippen molar-refractivity contribution in [1.82, 2.24) is 0 Å². The lowest BCUT2D eigenvalue weighted by molar-refractivity contribution is -0.122. The third kappa shape index (κ3) is 4.14. The van der Waals surface area contributed by atoms with E-state index >= 15 is 0 Å². The first-order chi connectivity index (χ1) is 18.0. The Kier molecular flexibility index (Phi) is 6.48. The zero-order valence-electron chi connectivity index (χ0n) is 21.2. The van der Waals surface area contributed by atoms with Gasteiger partial charge in [-0.3, -0.25) is 9.59 Å². The molecule has 188 valence electrons. The summed E-state index contributed by atoms with van der Waals surface area (Å²) >= 11 is 0. The summed E-state index contributed by atoms with van der Waals surface area (Å²) in [4.78, 5) is 28.0. The molecule has 2 amide bonds. The molecule has 5 rings (SSSR count). The summed E-state index contributed by atoms with van der Waals surface area (Å²) in [5.41, 5.74) is 3.25. The first-order valence-electron chi connectivity index (χ1n) is 12.1. The van der Waals surface area contributed by atoms with E-state index in [4.69, 9.17) is 9.47 Å². The van der Waals surface area contributed by atoms with Crippen molar-refractivity contribution in [3.05, 3.63) is 84.4 Å². The molecule has 2 aliphatic heterocycles. The van der Waals surface area contributed by atoms with Crippen molar-refractivity contribution in [2.75, 3.05) is 24.2 Å². The van der Waals surface area contributed by atoms with Gasteiger partial charge in [-0.25, -0.2) is 10.0 Å². The fourth-order valence-corrected chi connectivity index (χ4v) is 5.22. The highest BCUT2D eigenvalue weighted by Gasteiger charge is 2.51. The summed E-state index contributed by atoms with van der Waals surface area (Å²) in [7, 11) is 3.12. The Hall–Kier alpha value is -4.46. The van der Waals surface area contributed by atoms with Crippen molar-refractivity contribution in [3.8, 4) is 11.5 Å². The van der Waals surface area contributed by atoms with Crippen LogP contribution in [0.2, 0.25) is 0 Å². The molecular weight excluding hydrogens is 468 g/mol. The quantitative estimate of drug-likeness (QED) is 0.467. The monoisotopic (exact) mass is 496 g/mol. The van der Waals surface area contributed by atoms with Crippen molar-refractivity contribution in [3.63, 3.8) is 0 Å². The topological polar surface area (TPSA) is 83.8 Å². The van der Waals surface area contributed by atoms with Gasteiger partial charge in [0.2, 0.25) is 0 Å². The van der Waals surface area contributed by atoms with Crippen molar-refractivity contribution >= 4 is 34.6 Å². The SMILES string of the molecule is COc1cccc(C(C2C(=O)N(c3ccccc3)N=C2C)C2C(=O)N(c3ccccc3)N=C2C)c1OC. The molecule has 0 spiro atoms. The number of hydrazone groups is 2. The minimum Gasteiger partial charge on any atom is -0.493 e. The summed E-state index contributed by atoms with van der Waals surface area (Å²) < 4.78 is 11.3. The van der Waals surface area contributed by atoms with E-state index < -0.39 is 17.8 Å². The number of hydrogen-bond donors (Lipinski definition) is 0. The van der Waals surface area contributed by atoms with Gasteiger partial charge >= 0.3 is 0 Å². The van der Waals surface area contributed by atoms with Crippen molar-refractivity contribution < 1.29 is 19.1 Å². The van der Waals surface area contributed by atoms with Crippen LogP contribution in [-0.4, -0.2) is 37.5 Å². The number of benzene rings is 3. The average Bonchev–Trinajstić information content (AvgIpc) is 3.39. The second-order valence-corrected chi connectivity index (χ2v) is 9.02. The zero-order chi connectivity index (χ0) is 26.1. The van der Waals surface area contributed by atoms with E-state index in [0.29, 0.717) is 39.9 Å². The lowest BCUT2D eigenvalue weighted by Crippen LogP contribution is -2.40. The van der Waals surface area contributed by atoms with Crippen LogP contribution in [0.5, 0.6) is 11.5 Å². The first-order valence-corrected chi connectivity index (χ1v) is 12.1. The molecule has 0 N–H and O–H groups in total. The van der Waals surface area contributed by atoms with Gasteiger partial charge in [0.15, 0.2) is 11.5 Å². The fourth-order valence-electron chi connectivity index (χ4n) is 5.22. The number of ether oxygens (including phenoxy) is 2. The van der Waals surface area contributed by atoms with Crippen LogP contribution in [0.15, 0.2) is 89.1 Å². The third-order valence-electron chi connectivity index (χ3n) is 6.88. The third-order valence-corrected chi connectivity index (χ3v) is 6.88. The molecule has 8 nitrogen and oxygen atoms in total. The van der Waals surface area contributed by atoms with Crippen LogP contribution in [-0.2, 0) is 9.59 Å². The van der Waals surface area contributed by atoms with Gasteiger partial charge in [0.25, 0.3) is 11.8 Å². The maximum absolute atomic E-state index is 14.0. The summed E-state index contributed by atoms with van der Waals surface area (Å²) in [6.45, 7) is 3.65. The number of anilines is 2. The Balaban J connectivity index is 1.64. The molecular formula is C29H28N4O4. The number of carbonyl (C=O) groups excluding carboxylic acids is 2. The normalized spacial score (nSPS) is 20.1. The average molecular weight is 497 g/mol. The van der Waals surface area contributed by atoms with Gasteiger partial charge in [-0.2, -0.15) is 10.2 Å². The Morgan fingerprint density at radius 2 is 1.16 bits per heavy atom. The highest BCUT2D eigenvalue weighted by molar-refractivity contribution is 6.19. The van der Waals surface area contributed by atoms with Crippen LogP contribution in [0, 0.1) is 11.8 Å². The fraction of sp³-hybridized carbons (Fsp3) is 0.241. The van der Waals surface area contributed by atoms with Gasteiger partial charge in [0, 0.05) is 22.9 Å². The largest absolute Gasteiger partial charge is 0.493 e. The minimum absolute atomic E-state index is 0.211. The molecule has 0 aliphatic carbocycles. The van der Waals surface area contributed by atoms with Crippen LogP contribution in [0.4, 0.5) is 11.4 Å². The molecule has 0 saturated heterocycles. The summed E-state index contributed by atoms with van der Waals surface area (Å²) in [6, 6.07) is 24.1. The Labute approximate surface area is 215 Å². The van der Waals surface area contributed by atoms with E-state index in [1.54, 1.807) is 20.3 Å². The molecule has 37 heavy (non-hydrogen) atoms. The summed E-state index contributed by atoms with van der Waals surface area (Å²) in [5.74, 6) is -1.47. The Morgan fingerprint density at radius 1 is 0.676 bits per heavy atom. The highest BCUT2D eigenvalue weighted by Crippen LogP contribution is 2.47. The number of nitrogens with zero attached hydrogens (tertiary/aromatic N) is 4. The number of rotatable bonds is 7. The van der Waals surface area contributed by atoms with Crippen LogP contribution in [0.1, 0.15) is 25.3 Å². The van der Waals surface area contributed by atoms with Gasteiger partial charge in [-0.05, 0) is 44.2 Å². The molecule has 0 fully saturated rings. The number of para-hydroxylation sites is 3. The molecule has 0 aromatic heterocycles. The predicted octanol–water partition coefficient (Wildman–Crippen LogP) is 4.87. The molecule has 0 saturated carbocycles. The van der Waals surface area contributed by atoms with Crippen LogP contribution < -0.4 is 19.5 Å². The second kappa shape index (κ2) is 9.89. The van der Waals surface area contributed by atoms with Crippen molar-refractivity contribution in [1.29, 1.82) is 0 Å². The maximum atomic E-state index is 14.0. The van der Waals surface area contributed by atoms with E-state index in [1.807, 2.05) is 86.6 Å². The predicted molar refractivity (Wildman–Crippen MR) is 143 cm³/mol. The molecule has 2 unspecified atom stereocenters. The lowest BCUT2D eigenvalue weighted by atomic mass is 9.72. The molecule has 0 bridgehead atoms. The highest BCUT2D eigenvalue weighted by atomic mass is 16.5. The smallest absolute Gasteiger partial charge is 0.256 e. The molecule has 3 aromatic rings. The van der Waals surface area contributed by atoms with Gasteiger partial charge in [-0.1, -0.05) is 48.5 Å². The van der Waals surface area contributed by atoms with Gasteiger partial charge in [0.05, 0.1) is 37.4 Å². The first kappa shape index (κ1) is 24.2. The number of amides is 2. The molecule has 2 aliphatic rings. The number of methoxy groups -OCH3 is 2. The van der Waals surface area contributed by atoms with Crippen molar-refractivity contribution in [2.24, 2.45) is 22.0 Å². The number of hydrogen-bond acceptors (Lipinski definition) is 6. The van der Waals surface area contributed by atoms with Crippen LogP contribution >= 0.6 is 0 Å². The maximum Gasteiger partial charge on any atom is 0.256 e. The lowest BCUT2D eigenvalue weighted by Gasteiger charge is -2.30. The summed E-state index contributed by atoms with van der Waals surface area (Å²) in [5, 5.41) is 12.1. The Morgan fingerprint density at radius 3 is 1.59 bits per heavy atom. The molecule has 2 heterocycles. The van der Waals surface area contributed by atoms with E-state index in [-0.39, 0.29) is 11.8 Å².